The minimum atomic E-state index is -1.04. The number of carbonyl (C=O) groups excluding carboxylic acids is 1. The molecular weight excluding hydrogens is 458 g/mol. The number of thiazole rings is 1. The van der Waals surface area contributed by atoms with Crippen molar-refractivity contribution in [2.45, 2.75) is 26.1 Å². The number of aromatic nitrogens is 1. The van der Waals surface area contributed by atoms with Crippen LogP contribution in [-0.2, 0) is 4.79 Å². The predicted octanol–water partition coefficient (Wildman–Crippen LogP) is -0.421. The fraction of sp³-hybridized carbons (Fsp3) is 0.444. The number of anilines is 4. The number of hydrogen-bond donors (Lipinski definition) is 7. The van der Waals surface area contributed by atoms with E-state index in [0.29, 0.717) is 26.1 Å². The first-order valence-electron chi connectivity index (χ1n) is 9.13. The zero-order chi connectivity index (χ0) is 24.4. The molecule has 0 fully saturated rings. The summed E-state index contributed by atoms with van der Waals surface area (Å²) in [6.45, 7) is 2.14. The summed E-state index contributed by atoms with van der Waals surface area (Å²) in [6.07, 6.45) is -2.07. The summed E-state index contributed by atoms with van der Waals surface area (Å²) >= 11 is 2.22. The van der Waals surface area contributed by atoms with E-state index in [-0.39, 0.29) is 29.8 Å². The fourth-order valence-electron chi connectivity index (χ4n) is 2.35. The summed E-state index contributed by atoms with van der Waals surface area (Å²) in [5, 5.41) is 57.6. The summed E-state index contributed by atoms with van der Waals surface area (Å²) < 4.78 is 0. The number of aliphatic hydroxyl groups excluding tert-OH is 4. The number of rotatable bonds is 8. The lowest BCUT2D eigenvalue weighted by Crippen LogP contribution is -2.40. The Bertz CT molecular complexity index is 983. The summed E-state index contributed by atoms with van der Waals surface area (Å²) in [5.74, 6) is -0.125. The minimum absolute atomic E-state index is 0.0000246. The standard InChI is InChI=1S/C11H20N4O5S.C7H5N3S/c1-6(18)13-10-9(12)21-11(14-10)15(2-7(19)4-16)3-8(20)5-17;1-4-5(2-8)7(10)11-6(4)3-9/h7-8,16-17,19-20H,2-5,12H2,1H3,(H,13,18);10H2,1H3. The van der Waals surface area contributed by atoms with E-state index < -0.39 is 25.4 Å². The van der Waals surface area contributed by atoms with Crippen LogP contribution in [-0.4, -0.2) is 69.8 Å². The number of carbonyl (C=O) groups is 1. The van der Waals surface area contributed by atoms with Crippen molar-refractivity contribution in [1.82, 2.24) is 4.98 Å². The van der Waals surface area contributed by atoms with Crippen molar-refractivity contribution in [2.24, 2.45) is 0 Å². The quantitative estimate of drug-likeness (QED) is 0.255. The van der Waals surface area contributed by atoms with Crippen molar-refractivity contribution < 1.29 is 25.2 Å². The molecule has 0 saturated heterocycles. The molecule has 32 heavy (non-hydrogen) atoms. The molecule has 0 bridgehead atoms. The van der Waals surface area contributed by atoms with E-state index in [1.54, 1.807) is 6.92 Å². The summed E-state index contributed by atoms with van der Waals surface area (Å²) in [7, 11) is 0. The van der Waals surface area contributed by atoms with Gasteiger partial charge in [-0.25, -0.2) is 4.98 Å². The van der Waals surface area contributed by atoms with Crippen molar-refractivity contribution in [1.29, 1.82) is 10.5 Å². The van der Waals surface area contributed by atoms with Gasteiger partial charge in [0.05, 0.1) is 31.0 Å². The molecule has 0 aliphatic heterocycles. The molecule has 174 valence electrons. The molecule has 9 N–H and O–H groups in total. The number of nitrogen functional groups attached to an aromatic ring is 2. The molecule has 2 aromatic rings. The van der Waals surface area contributed by atoms with Crippen molar-refractivity contribution in [2.75, 3.05) is 48.0 Å². The molecule has 12 nitrogen and oxygen atoms in total. The highest BCUT2D eigenvalue weighted by atomic mass is 32.1. The molecule has 1 amide bonds. The summed E-state index contributed by atoms with van der Waals surface area (Å²) in [4.78, 5) is 17.2. The largest absolute Gasteiger partial charge is 0.394 e. The maximum absolute atomic E-state index is 11.0. The van der Waals surface area contributed by atoms with Gasteiger partial charge in [0.2, 0.25) is 5.91 Å². The van der Waals surface area contributed by atoms with Gasteiger partial charge < -0.3 is 42.1 Å². The molecule has 14 heteroatoms. The van der Waals surface area contributed by atoms with Crippen molar-refractivity contribution >= 4 is 49.5 Å². The second-order valence-electron chi connectivity index (χ2n) is 6.49. The van der Waals surface area contributed by atoms with Crippen molar-refractivity contribution in [3.8, 4) is 12.1 Å². The Morgan fingerprint density at radius 3 is 2.06 bits per heavy atom. The second-order valence-corrected chi connectivity index (χ2v) is 8.55. The highest BCUT2D eigenvalue weighted by Crippen LogP contribution is 2.32. The van der Waals surface area contributed by atoms with E-state index in [4.69, 9.17) is 32.2 Å². The van der Waals surface area contributed by atoms with Crippen molar-refractivity contribution in [3.05, 3.63) is 16.0 Å². The first kappa shape index (κ1) is 27.1. The third-order valence-electron chi connectivity index (χ3n) is 3.88. The van der Waals surface area contributed by atoms with Crippen LogP contribution < -0.4 is 21.7 Å². The lowest BCUT2D eigenvalue weighted by atomic mass is 10.2. The van der Waals surface area contributed by atoms with E-state index in [2.05, 4.69) is 10.3 Å². The number of hydrogen-bond acceptors (Lipinski definition) is 13. The number of nitrogens with zero attached hydrogens (tertiary/aromatic N) is 4. The van der Waals surface area contributed by atoms with Gasteiger partial charge in [0.25, 0.3) is 0 Å². The molecule has 0 radical (unpaired) electrons. The van der Waals surface area contributed by atoms with Crippen LogP contribution in [0.1, 0.15) is 22.9 Å². The molecule has 2 aromatic heterocycles. The predicted molar refractivity (Wildman–Crippen MR) is 122 cm³/mol. The fourth-order valence-corrected chi connectivity index (χ4v) is 3.97. The molecule has 2 unspecified atom stereocenters. The maximum Gasteiger partial charge on any atom is 0.222 e. The molecule has 0 aromatic carbocycles. The van der Waals surface area contributed by atoms with Crippen LogP contribution in [0.15, 0.2) is 0 Å². The van der Waals surface area contributed by atoms with Crippen LogP contribution in [0.5, 0.6) is 0 Å². The third-order valence-corrected chi connectivity index (χ3v) is 5.85. The van der Waals surface area contributed by atoms with Gasteiger partial charge in [0, 0.05) is 20.0 Å². The van der Waals surface area contributed by atoms with E-state index in [1.165, 1.54) is 11.8 Å². The Labute approximate surface area is 192 Å². The van der Waals surface area contributed by atoms with Gasteiger partial charge in [0.15, 0.2) is 10.9 Å². The highest BCUT2D eigenvalue weighted by Gasteiger charge is 2.20. The smallest absolute Gasteiger partial charge is 0.222 e. The Kier molecular flexibility index (Phi) is 10.8. The number of aliphatic hydroxyl groups is 4. The van der Waals surface area contributed by atoms with E-state index in [0.717, 1.165) is 22.7 Å². The van der Waals surface area contributed by atoms with Gasteiger partial charge in [-0.2, -0.15) is 10.5 Å². The Hall–Kier alpha value is -2.98. The highest BCUT2D eigenvalue weighted by molar-refractivity contribution is 7.20. The monoisotopic (exact) mass is 483 g/mol. The van der Waals surface area contributed by atoms with Crippen LogP contribution in [0.4, 0.5) is 21.0 Å². The Morgan fingerprint density at radius 2 is 1.69 bits per heavy atom. The summed E-state index contributed by atoms with van der Waals surface area (Å²) in [5.41, 5.74) is 12.3. The van der Waals surface area contributed by atoms with Gasteiger partial charge in [-0.1, -0.05) is 11.3 Å². The first-order chi connectivity index (χ1) is 15.1. The van der Waals surface area contributed by atoms with E-state index >= 15 is 0 Å². The normalized spacial score (nSPS) is 12.0. The van der Waals surface area contributed by atoms with Crippen LogP contribution in [0.3, 0.4) is 0 Å². The van der Waals surface area contributed by atoms with Crippen LogP contribution in [0.25, 0.3) is 0 Å². The van der Waals surface area contributed by atoms with Crippen LogP contribution >= 0.6 is 22.7 Å². The lowest BCUT2D eigenvalue weighted by molar-refractivity contribution is -0.114. The van der Waals surface area contributed by atoms with Crippen LogP contribution in [0.2, 0.25) is 0 Å². The van der Waals surface area contributed by atoms with E-state index in [9.17, 15) is 15.0 Å². The summed E-state index contributed by atoms with van der Waals surface area (Å²) in [6, 6.07) is 3.93. The molecule has 2 rings (SSSR count). The average molecular weight is 484 g/mol. The number of nitriles is 2. The zero-order valence-corrected chi connectivity index (χ0v) is 19.1. The first-order valence-corrected chi connectivity index (χ1v) is 10.8. The molecule has 0 aliphatic rings. The van der Waals surface area contributed by atoms with Gasteiger partial charge in [-0.3, -0.25) is 4.79 Å². The van der Waals surface area contributed by atoms with Gasteiger partial charge in [-0.05, 0) is 12.5 Å². The van der Waals surface area contributed by atoms with Gasteiger partial charge in [0.1, 0.15) is 27.0 Å². The second kappa shape index (κ2) is 12.8. The number of amides is 1. The van der Waals surface area contributed by atoms with Crippen molar-refractivity contribution in [3.63, 3.8) is 0 Å². The number of nitrogens with one attached hydrogen (secondary N) is 1. The Balaban J connectivity index is 0.000000389. The molecule has 2 atom stereocenters. The Morgan fingerprint density at radius 1 is 1.12 bits per heavy atom. The topological polar surface area (TPSA) is 226 Å². The van der Waals surface area contributed by atoms with Gasteiger partial charge >= 0.3 is 0 Å². The molecule has 0 aliphatic carbocycles. The third kappa shape index (κ3) is 7.61. The number of nitrogens with two attached hydrogens (primary N) is 2. The molecular formula is C18H25N7O5S2. The zero-order valence-electron chi connectivity index (χ0n) is 17.4. The van der Waals surface area contributed by atoms with Gasteiger partial charge in [-0.15, -0.1) is 11.3 Å². The molecule has 2 heterocycles. The average Bonchev–Trinajstić information content (AvgIpc) is 3.25. The maximum atomic E-state index is 11.0. The number of thiophene rings is 1. The molecule has 0 spiro atoms. The van der Waals surface area contributed by atoms with Crippen LogP contribution in [0, 0.1) is 29.6 Å². The minimum Gasteiger partial charge on any atom is -0.394 e. The van der Waals surface area contributed by atoms with E-state index in [1.807, 2.05) is 12.1 Å². The lowest BCUT2D eigenvalue weighted by Gasteiger charge is -2.25. The molecule has 0 saturated carbocycles. The SMILES string of the molecule is CC(=O)Nc1nc(N(CC(O)CO)CC(O)CO)sc1N.Cc1c(C#N)sc(N)c1C#N.